The quantitative estimate of drug-likeness (QED) is 0.926. The molecule has 0 amide bonds. The predicted molar refractivity (Wildman–Crippen MR) is 67.7 cm³/mol. The molecule has 0 saturated carbocycles. The van der Waals surface area contributed by atoms with Crippen LogP contribution < -0.4 is 0 Å². The number of halogens is 1. The smallest absolute Gasteiger partial charge is 0.336 e. The van der Waals surface area contributed by atoms with Gasteiger partial charge in [0.2, 0.25) is 0 Å². The molecule has 0 aliphatic carbocycles. The van der Waals surface area contributed by atoms with E-state index in [1.54, 1.807) is 22.9 Å². The minimum Gasteiger partial charge on any atom is -0.478 e. The van der Waals surface area contributed by atoms with Gasteiger partial charge in [0, 0.05) is 10.2 Å². The lowest BCUT2D eigenvalue weighted by Gasteiger charge is -2.06. The highest BCUT2D eigenvalue weighted by molar-refractivity contribution is 9.10. The van der Waals surface area contributed by atoms with Crippen molar-refractivity contribution in [2.45, 2.75) is 13.8 Å². The Hall–Kier alpha value is -1.62. The van der Waals surface area contributed by atoms with Gasteiger partial charge in [-0.3, -0.25) is 0 Å². The number of hydrogen-bond acceptors (Lipinski definition) is 2. The standard InChI is InChI=1S/C12H11BrN2O2/c1-7-5-8(2)15(14-7)9-3-4-10(12(16)17)11(13)6-9/h3-6H,1-2H3,(H,16,17). The summed E-state index contributed by atoms with van der Waals surface area (Å²) in [6.07, 6.45) is 0. The van der Waals surface area contributed by atoms with E-state index in [0.717, 1.165) is 17.1 Å². The first-order chi connectivity index (χ1) is 7.99. The first-order valence-electron chi connectivity index (χ1n) is 5.05. The lowest BCUT2D eigenvalue weighted by Crippen LogP contribution is -2.02. The number of carboxylic acid groups (broad SMARTS) is 1. The highest BCUT2D eigenvalue weighted by atomic mass is 79.9. The summed E-state index contributed by atoms with van der Waals surface area (Å²) in [5, 5.41) is 13.3. The molecule has 0 aliphatic rings. The van der Waals surface area contributed by atoms with E-state index >= 15 is 0 Å². The van der Waals surface area contributed by atoms with Crippen LogP contribution in [0.2, 0.25) is 0 Å². The maximum atomic E-state index is 10.9. The zero-order chi connectivity index (χ0) is 12.6. The van der Waals surface area contributed by atoms with Crippen LogP contribution >= 0.6 is 15.9 Å². The van der Waals surface area contributed by atoms with Gasteiger partial charge in [0.1, 0.15) is 0 Å². The van der Waals surface area contributed by atoms with Crippen molar-refractivity contribution in [1.29, 1.82) is 0 Å². The van der Waals surface area contributed by atoms with Crippen molar-refractivity contribution in [2.24, 2.45) is 0 Å². The van der Waals surface area contributed by atoms with Crippen LogP contribution in [0.15, 0.2) is 28.7 Å². The average molecular weight is 295 g/mol. The van der Waals surface area contributed by atoms with E-state index in [1.807, 2.05) is 19.9 Å². The van der Waals surface area contributed by atoms with Crippen molar-refractivity contribution in [3.05, 3.63) is 45.7 Å². The fourth-order valence-corrected chi connectivity index (χ4v) is 2.24. The second-order valence-electron chi connectivity index (χ2n) is 3.81. The number of hydrogen-bond donors (Lipinski definition) is 1. The van der Waals surface area contributed by atoms with Crippen molar-refractivity contribution in [3.63, 3.8) is 0 Å². The molecule has 0 spiro atoms. The van der Waals surface area contributed by atoms with Crippen molar-refractivity contribution in [2.75, 3.05) is 0 Å². The Morgan fingerprint density at radius 2 is 2.06 bits per heavy atom. The van der Waals surface area contributed by atoms with Crippen LogP contribution in [-0.2, 0) is 0 Å². The third kappa shape index (κ3) is 2.24. The zero-order valence-electron chi connectivity index (χ0n) is 9.44. The Morgan fingerprint density at radius 3 is 2.53 bits per heavy atom. The molecule has 4 nitrogen and oxygen atoms in total. The van der Waals surface area contributed by atoms with Gasteiger partial charge < -0.3 is 5.11 Å². The lowest BCUT2D eigenvalue weighted by atomic mass is 10.2. The number of aryl methyl sites for hydroxylation is 2. The molecule has 0 atom stereocenters. The molecule has 2 rings (SSSR count). The SMILES string of the molecule is Cc1cc(C)n(-c2ccc(C(=O)O)c(Br)c2)n1. The molecule has 1 N–H and O–H groups in total. The Kier molecular flexibility index (Phi) is 3.02. The molecule has 0 fully saturated rings. The molecule has 1 heterocycles. The van der Waals surface area contributed by atoms with Gasteiger partial charge in [-0.05, 0) is 54.0 Å². The number of carbonyl (C=O) groups is 1. The molecule has 1 aromatic heterocycles. The maximum absolute atomic E-state index is 10.9. The van der Waals surface area contributed by atoms with E-state index in [2.05, 4.69) is 21.0 Å². The van der Waals surface area contributed by atoms with Crippen molar-refractivity contribution >= 4 is 21.9 Å². The highest BCUT2D eigenvalue weighted by Crippen LogP contribution is 2.21. The van der Waals surface area contributed by atoms with Gasteiger partial charge in [-0.15, -0.1) is 0 Å². The third-order valence-corrected chi connectivity index (χ3v) is 3.09. The van der Waals surface area contributed by atoms with Crippen LogP contribution in [0, 0.1) is 13.8 Å². The van der Waals surface area contributed by atoms with Crippen molar-refractivity contribution in [3.8, 4) is 5.69 Å². The Bertz CT molecular complexity index is 590. The monoisotopic (exact) mass is 294 g/mol. The molecular weight excluding hydrogens is 284 g/mol. The van der Waals surface area contributed by atoms with Gasteiger partial charge >= 0.3 is 5.97 Å². The summed E-state index contributed by atoms with van der Waals surface area (Å²) >= 11 is 3.25. The number of benzene rings is 1. The Balaban J connectivity index is 2.51. The van der Waals surface area contributed by atoms with E-state index in [9.17, 15) is 4.79 Å². The van der Waals surface area contributed by atoms with Gasteiger partial charge in [-0.25, -0.2) is 9.48 Å². The average Bonchev–Trinajstić information content (AvgIpc) is 2.57. The van der Waals surface area contributed by atoms with Crippen LogP contribution in [0.3, 0.4) is 0 Å². The van der Waals surface area contributed by atoms with Gasteiger partial charge in [-0.2, -0.15) is 5.10 Å². The van der Waals surface area contributed by atoms with E-state index in [4.69, 9.17) is 5.11 Å². The van der Waals surface area contributed by atoms with Crippen LogP contribution in [-0.4, -0.2) is 20.9 Å². The van der Waals surface area contributed by atoms with Crippen LogP contribution in [0.5, 0.6) is 0 Å². The summed E-state index contributed by atoms with van der Waals surface area (Å²) in [5.41, 5.74) is 3.03. The third-order valence-electron chi connectivity index (χ3n) is 2.44. The maximum Gasteiger partial charge on any atom is 0.336 e. The van der Waals surface area contributed by atoms with Gasteiger partial charge in [-0.1, -0.05) is 0 Å². The summed E-state index contributed by atoms with van der Waals surface area (Å²) < 4.78 is 2.33. The van der Waals surface area contributed by atoms with E-state index in [1.165, 1.54) is 0 Å². The van der Waals surface area contributed by atoms with Gasteiger partial charge in [0.25, 0.3) is 0 Å². The molecular formula is C12H11BrN2O2. The molecule has 5 heteroatoms. The van der Waals surface area contributed by atoms with Gasteiger partial charge in [0.15, 0.2) is 0 Å². The van der Waals surface area contributed by atoms with E-state index in [0.29, 0.717) is 4.47 Å². The molecule has 0 aliphatic heterocycles. The van der Waals surface area contributed by atoms with E-state index in [-0.39, 0.29) is 5.56 Å². The second-order valence-corrected chi connectivity index (χ2v) is 4.66. The topological polar surface area (TPSA) is 55.1 Å². The lowest BCUT2D eigenvalue weighted by molar-refractivity contribution is 0.0696. The molecule has 2 aromatic rings. The number of carboxylic acids is 1. The summed E-state index contributed by atoms with van der Waals surface area (Å²) in [7, 11) is 0. The first kappa shape index (κ1) is 11.9. The fourth-order valence-electron chi connectivity index (χ4n) is 1.70. The second kappa shape index (κ2) is 4.33. The predicted octanol–water partition coefficient (Wildman–Crippen LogP) is 2.95. The summed E-state index contributed by atoms with van der Waals surface area (Å²) in [4.78, 5) is 10.9. The number of rotatable bonds is 2. The summed E-state index contributed by atoms with van der Waals surface area (Å²) in [6.45, 7) is 3.88. The molecule has 1 aromatic carbocycles. The Labute approximate surface area is 107 Å². The Morgan fingerprint density at radius 1 is 1.35 bits per heavy atom. The number of aromatic carboxylic acids is 1. The summed E-state index contributed by atoms with van der Waals surface area (Å²) in [5.74, 6) is -0.947. The largest absolute Gasteiger partial charge is 0.478 e. The molecule has 0 bridgehead atoms. The molecule has 0 unspecified atom stereocenters. The minimum atomic E-state index is -0.947. The zero-order valence-corrected chi connectivity index (χ0v) is 11.0. The number of nitrogens with zero attached hydrogens (tertiary/aromatic N) is 2. The first-order valence-corrected chi connectivity index (χ1v) is 5.85. The highest BCUT2D eigenvalue weighted by Gasteiger charge is 2.10. The van der Waals surface area contributed by atoms with Crippen LogP contribution in [0.1, 0.15) is 21.7 Å². The molecule has 0 radical (unpaired) electrons. The van der Waals surface area contributed by atoms with Crippen LogP contribution in [0.4, 0.5) is 0 Å². The fraction of sp³-hybridized carbons (Fsp3) is 0.167. The van der Waals surface area contributed by atoms with Gasteiger partial charge in [0.05, 0.1) is 16.9 Å². The normalized spacial score (nSPS) is 10.5. The minimum absolute atomic E-state index is 0.246. The number of aromatic nitrogens is 2. The summed E-state index contributed by atoms with van der Waals surface area (Å²) in [6, 6.07) is 7.04. The molecule has 0 saturated heterocycles. The van der Waals surface area contributed by atoms with Crippen molar-refractivity contribution in [1.82, 2.24) is 9.78 Å². The molecule has 88 valence electrons. The molecule has 17 heavy (non-hydrogen) atoms. The van der Waals surface area contributed by atoms with E-state index < -0.39 is 5.97 Å². The van der Waals surface area contributed by atoms with Crippen LogP contribution in [0.25, 0.3) is 5.69 Å². The van der Waals surface area contributed by atoms with Crippen molar-refractivity contribution < 1.29 is 9.90 Å².